The summed E-state index contributed by atoms with van der Waals surface area (Å²) in [5, 5.41) is 1.25. The molecule has 2 heterocycles. The van der Waals surface area contributed by atoms with Crippen molar-refractivity contribution in [2.75, 3.05) is 20.8 Å². The lowest BCUT2D eigenvalue weighted by molar-refractivity contribution is -0.120. The molecule has 1 N–H and O–H groups in total. The number of carbonyl (C=O) groups excluding carboxylic acids is 1. The van der Waals surface area contributed by atoms with Crippen molar-refractivity contribution in [1.82, 2.24) is 9.88 Å². The van der Waals surface area contributed by atoms with Crippen LogP contribution in [0, 0.1) is 0 Å². The summed E-state index contributed by atoms with van der Waals surface area (Å²) in [7, 11) is 3.30. The van der Waals surface area contributed by atoms with E-state index in [4.69, 9.17) is 9.47 Å². The molecule has 1 aliphatic heterocycles. The van der Waals surface area contributed by atoms with Gasteiger partial charge in [0, 0.05) is 23.6 Å². The summed E-state index contributed by atoms with van der Waals surface area (Å²) >= 11 is 0. The maximum Gasteiger partial charge on any atom is 0.210 e. The van der Waals surface area contributed by atoms with E-state index in [0.717, 1.165) is 49.0 Å². The zero-order chi connectivity index (χ0) is 18.8. The number of H-pyrrole nitrogens is 1. The van der Waals surface area contributed by atoms with Crippen LogP contribution in [0.4, 0.5) is 0 Å². The molecule has 5 heteroatoms. The van der Waals surface area contributed by atoms with Gasteiger partial charge in [0.05, 0.1) is 20.3 Å². The van der Waals surface area contributed by atoms with Crippen LogP contribution in [-0.2, 0) is 17.6 Å². The summed E-state index contributed by atoms with van der Waals surface area (Å²) in [5.74, 6) is 1.45. The van der Waals surface area contributed by atoms with Gasteiger partial charge in [-0.2, -0.15) is 0 Å². The molecule has 0 saturated heterocycles. The van der Waals surface area contributed by atoms with Gasteiger partial charge >= 0.3 is 0 Å². The molecule has 2 aromatic carbocycles. The van der Waals surface area contributed by atoms with Crippen LogP contribution < -0.4 is 9.47 Å². The van der Waals surface area contributed by atoms with E-state index in [1.54, 1.807) is 14.2 Å². The first-order valence-electron chi connectivity index (χ1n) is 9.26. The van der Waals surface area contributed by atoms with Gasteiger partial charge in [-0.25, -0.2) is 0 Å². The number of aromatic amines is 1. The molecule has 4 rings (SSSR count). The number of methoxy groups -OCH3 is 2. The first-order chi connectivity index (χ1) is 13.2. The Morgan fingerprint density at radius 2 is 1.96 bits per heavy atom. The Labute approximate surface area is 158 Å². The third-order valence-electron chi connectivity index (χ3n) is 5.54. The van der Waals surface area contributed by atoms with Gasteiger partial charge in [0.1, 0.15) is 0 Å². The molecule has 1 amide bonds. The molecule has 0 aliphatic carbocycles. The number of fused-ring (bicyclic) bond motifs is 2. The van der Waals surface area contributed by atoms with Crippen LogP contribution in [0.2, 0.25) is 0 Å². The van der Waals surface area contributed by atoms with Crippen LogP contribution in [0.1, 0.15) is 29.2 Å². The zero-order valence-corrected chi connectivity index (χ0v) is 15.7. The Bertz CT molecular complexity index is 963. The highest BCUT2D eigenvalue weighted by molar-refractivity contribution is 5.83. The summed E-state index contributed by atoms with van der Waals surface area (Å²) in [4.78, 5) is 16.9. The summed E-state index contributed by atoms with van der Waals surface area (Å²) in [5.41, 5.74) is 4.82. The summed E-state index contributed by atoms with van der Waals surface area (Å²) in [6.07, 6.45) is 5.64. The first kappa shape index (κ1) is 17.5. The van der Waals surface area contributed by atoms with E-state index >= 15 is 0 Å². The van der Waals surface area contributed by atoms with Crippen LogP contribution in [-0.4, -0.2) is 37.1 Å². The summed E-state index contributed by atoms with van der Waals surface area (Å²) in [6, 6.07) is 12.4. The van der Waals surface area contributed by atoms with Gasteiger partial charge < -0.3 is 19.4 Å². The first-order valence-corrected chi connectivity index (χ1v) is 9.26. The molecule has 1 aromatic heterocycles. The Morgan fingerprint density at radius 3 is 2.74 bits per heavy atom. The van der Waals surface area contributed by atoms with E-state index in [1.165, 1.54) is 16.5 Å². The molecule has 0 fully saturated rings. The van der Waals surface area contributed by atoms with Crippen LogP contribution in [0.3, 0.4) is 0 Å². The predicted molar refractivity (Wildman–Crippen MR) is 105 cm³/mol. The molecule has 27 heavy (non-hydrogen) atoms. The standard InChI is InChI=1S/C22H24N2O3/c1-26-21-11-15-9-10-24(14-25)20(18(15)12-22(21)27-2)8-7-16-13-23-19-6-4-3-5-17(16)19/h3-6,11-14,20,23H,7-10H2,1-2H3/t20-/m1/s1. The maximum atomic E-state index is 11.7. The maximum absolute atomic E-state index is 11.7. The van der Waals surface area contributed by atoms with Gasteiger partial charge in [-0.05, 0) is 54.2 Å². The summed E-state index contributed by atoms with van der Waals surface area (Å²) < 4.78 is 10.9. The van der Waals surface area contributed by atoms with E-state index in [1.807, 2.05) is 17.0 Å². The highest BCUT2D eigenvalue weighted by Gasteiger charge is 2.28. The van der Waals surface area contributed by atoms with E-state index < -0.39 is 0 Å². The fourth-order valence-corrected chi connectivity index (χ4v) is 4.13. The second-order valence-corrected chi connectivity index (χ2v) is 6.91. The number of aromatic nitrogens is 1. The highest BCUT2D eigenvalue weighted by atomic mass is 16.5. The van der Waals surface area contributed by atoms with E-state index in [9.17, 15) is 4.79 Å². The number of hydrogen-bond acceptors (Lipinski definition) is 3. The lowest BCUT2D eigenvalue weighted by Gasteiger charge is -2.35. The fourth-order valence-electron chi connectivity index (χ4n) is 4.13. The van der Waals surface area contributed by atoms with Crippen LogP contribution >= 0.6 is 0 Å². The normalized spacial score (nSPS) is 16.2. The van der Waals surface area contributed by atoms with Crippen molar-refractivity contribution in [3.63, 3.8) is 0 Å². The molecule has 0 saturated carbocycles. The number of ether oxygens (including phenoxy) is 2. The van der Waals surface area contributed by atoms with Gasteiger partial charge in [0.2, 0.25) is 6.41 Å². The monoisotopic (exact) mass is 364 g/mol. The lowest BCUT2D eigenvalue weighted by atomic mass is 9.88. The molecule has 0 unspecified atom stereocenters. The second-order valence-electron chi connectivity index (χ2n) is 6.91. The number of nitrogens with zero attached hydrogens (tertiary/aromatic N) is 1. The molecule has 5 nitrogen and oxygen atoms in total. The smallest absolute Gasteiger partial charge is 0.210 e. The quantitative estimate of drug-likeness (QED) is 0.676. The van der Waals surface area contributed by atoms with E-state index in [2.05, 4.69) is 35.4 Å². The minimum absolute atomic E-state index is 0.0414. The van der Waals surface area contributed by atoms with Crippen LogP contribution in [0.15, 0.2) is 42.6 Å². The van der Waals surface area contributed by atoms with Crippen molar-refractivity contribution < 1.29 is 14.3 Å². The number of rotatable bonds is 6. The SMILES string of the molecule is COc1cc2c(cc1OC)[C@@H](CCc1c[nH]c3ccccc13)N(C=O)CC2. The summed E-state index contributed by atoms with van der Waals surface area (Å²) in [6.45, 7) is 0.727. The predicted octanol–water partition coefficient (Wildman–Crippen LogP) is 3.87. The highest BCUT2D eigenvalue weighted by Crippen LogP contribution is 2.39. The van der Waals surface area contributed by atoms with Crippen molar-refractivity contribution in [2.45, 2.75) is 25.3 Å². The van der Waals surface area contributed by atoms with Gasteiger partial charge in [-0.3, -0.25) is 4.79 Å². The number of benzene rings is 2. The van der Waals surface area contributed by atoms with Crippen molar-refractivity contribution in [1.29, 1.82) is 0 Å². The second kappa shape index (κ2) is 7.35. The van der Waals surface area contributed by atoms with Crippen molar-refractivity contribution >= 4 is 17.3 Å². The molecule has 140 valence electrons. The Hall–Kier alpha value is -2.95. The molecule has 3 aromatic rings. The molecule has 1 aliphatic rings. The van der Waals surface area contributed by atoms with Gasteiger partial charge in [0.15, 0.2) is 11.5 Å². The van der Waals surface area contributed by atoms with Gasteiger partial charge in [-0.15, -0.1) is 0 Å². The topological polar surface area (TPSA) is 54.6 Å². The number of nitrogens with one attached hydrogen (secondary N) is 1. The molecular weight excluding hydrogens is 340 g/mol. The molecule has 0 bridgehead atoms. The lowest BCUT2D eigenvalue weighted by Crippen LogP contribution is -2.34. The third-order valence-corrected chi connectivity index (χ3v) is 5.54. The minimum atomic E-state index is 0.0414. The molecule has 1 atom stereocenters. The number of amides is 1. The Balaban J connectivity index is 1.65. The molecular formula is C22H24N2O3. The van der Waals surface area contributed by atoms with Crippen molar-refractivity contribution in [3.8, 4) is 11.5 Å². The van der Waals surface area contributed by atoms with Gasteiger partial charge in [-0.1, -0.05) is 18.2 Å². The number of aryl methyl sites for hydroxylation is 1. The van der Waals surface area contributed by atoms with E-state index in [0.29, 0.717) is 5.75 Å². The Kier molecular flexibility index (Phi) is 4.75. The third kappa shape index (κ3) is 3.14. The van der Waals surface area contributed by atoms with E-state index in [-0.39, 0.29) is 6.04 Å². The molecule has 0 radical (unpaired) electrons. The van der Waals surface area contributed by atoms with Crippen LogP contribution in [0.5, 0.6) is 11.5 Å². The Morgan fingerprint density at radius 1 is 1.19 bits per heavy atom. The number of hydrogen-bond donors (Lipinski definition) is 1. The molecule has 0 spiro atoms. The number of carbonyl (C=O) groups is 1. The zero-order valence-electron chi connectivity index (χ0n) is 15.7. The van der Waals surface area contributed by atoms with Crippen molar-refractivity contribution in [2.24, 2.45) is 0 Å². The largest absolute Gasteiger partial charge is 0.493 e. The fraction of sp³-hybridized carbons (Fsp3) is 0.318. The van der Waals surface area contributed by atoms with Crippen LogP contribution in [0.25, 0.3) is 10.9 Å². The average molecular weight is 364 g/mol. The van der Waals surface area contributed by atoms with Gasteiger partial charge in [0.25, 0.3) is 0 Å². The minimum Gasteiger partial charge on any atom is -0.493 e. The average Bonchev–Trinajstić information content (AvgIpc) is 3.13. The number of para-hydroxylation sites is 1. The van der Waals surface area contributed by atoms with Crippen molar-refractivity contribution in [3.05, 3.63) is 59.3 Å².